The lowest BCUT2D eigenvalue weighted by atomic mass is 9.98. The fourth-order valence-corrected chi connectivity index (χ4v) is 2.26. The number of amides is 1. The number of hydrogen-bond acceptors (Lipinski definition) is 3. The van der Waals surface area contributed by atoms with Crippen LogP contribution in [-0.4, -0.2) is 36.2 Å². The molecule has 1 aromatic rings. The predicted molar refractivity (Wildman–Crippen MR) is 75.8 cm³/mol. The number of nitrogens with one attached hydrogen (secondary N) is 1. The number of ether oxygens (including phenoxy) is 1. The number of methoxy groups -OCH3 is 1. The minimum Gasteiger partial charge on any atom is -0.481 e. The van der Waals surface area contributed by atoms with Crippen LogP contribution in [0.4, 0.5) is 4.39 Å². The number of carboxylic acids is 1. The minimum atomic E-state index is -1.07. The van der Waals surface area contributed by atoms with Gasteiger partial charge in [0.1, 0.15) is 5.82 Å². The molecule has 0 saturated carbocycles. The summed E-state index contributed by atoms with van der Waals surface area (Å²) in [5, 5.41) is 11.6. The maximum absolute atomic E-state index is 13.6. The van der Waals surface area contributed by atoms with E-state index in [1.54, 1.807) is 6.92 Å². The highest BCUT2D eigenvalue weighted by molar-refractivity contribution is 6.31. The predicted octanol–water partition coefficient (Wildman–Crippen LogP) is 2.02. The third-order valence-electron chi connectivity index (χ3n) is 2.84. The molecule has 0 aliphatic heterocycles. The number of halogens is 2. The van der Waals surface area contributed by atoms with Crippen molar-refractivity contribution in [2.45, 2.75) is 25.3 Å². The molecule has 0 aliphatic rings. The fourth-order valence-electron chi connectivity index (χ4n) is 2.03. The quantitative estimate of drug-likeness (QED) is 0.806. The Morgan fingerprint density at radius 1 is 1.48 bits per heavy atom. The molecule has 0 spiro atoms. The van der Waals surface area contributed by atoms with Crippen molar-refractivity contribution in [3.63, 3.8) is 0 Å². The molecule has 1 rings (SSSR count). The van der Waals surface area contributed by atoms with Crippen molar-refractivity contribution in [2.75, 3.05) is 13.7 Å². The summed E-state index contributed by atoms with van der Waals surface area (Å²) in [6.07, 6.45) is -0.581. The first-order chi connectivity index (χ1) is 9.77. The Morgan fingerprint density at radius 3 is 2.67 bits per heavy atom. The van der Waals surface area contributed by atoms with Crippen molar-refractivity contribution in [3.8, 4) is 0 Å². The lowest BCUT2D eigenvalue weighted by Gasteiger charge is -2.28. The standard InChI is InChI=1S/C14H17ClFNO4/c1-14(8-21-2,7-13(19)20)17-12(18)6-9-10(15)4-3-5-11(9)16/h3-5H,6-8H2,1-2H3,(H,17,18)(H,19,20). The molecule has 0 aromatic heterocycles. The van der Waals surface area contributed by atoms with E-state index in [2.05, 4.69) is 5.32 Å². The fraction of sp³-hybridized carbons (Fsp3) is 0.429. The molecular formula is C14H17ClFNO4. The average molecular weight is 318 g/mol. The van der Waals surface area contributed by atoms with Crippen LogP contribution in [-0.2, 0) is 20.7 Å². The van der Waals surface area contributed by atoms with E-state index in [4.69, 9.17) is 21.4 Å². The number of carbonyl (C=O) groups is 2. The second kappa shape index (κ2) is 7.38. The molecule has 116 valence electrons. The molecule has 0 fully saturated rings. The molecule has 0 bridgehead atoms. The van der Waals surface area contributed by atoms with E-state index in [-0.39, 0.29) is 30.0 Å². The molecule has 5 nitrogen and oxygen atoms in total. The van der Waals surface area contributed by atoms with Gasteiger partial charge in [0.2, 0.25) is 5.91 Å². The molecule has 1 unspecified atom stereocenters. The minimum absolute atomic E-state index is 0.0239. The Balaban J connectivity index is 2.81. The highest BCUT2D eigenvalue weighted by Crippen LogP contribution is 2.20. The third kappa shape index (κ3) is 5.32. The summed E-state index contributed by atoms with van der Waals surface area (Å²) >= 11 is 5.85. The van der Waals surface area contributed by atoms with Gasteiger partial charge in [0.15, 0.2) is 0 Å². The molecule has 0 radical (unpaired) electrons. The van der Waals surface area contributed by atoms with Gasteiger partial charge in [-0.25, -0.2) is 4.39 Å². The number of carbonyl (C=O) groups excluding carboxylic acids is 1. The zero-order chi connectivity index (χ0) is 16.0. The van der Waals surface area contributed by atoms with Crippen molar-refractivity contribution in [2.24, 2.45) is 0 Å². The highest BCUT2D eigenvalue weighted by atomic mass is 35.5. The van der Waals surface area contributed by atoms with E-state index in [0.29, 0.717) is 0 Å². The van der Waals surface area contributed by atoms with Gasteiger partial charge in [-0.1, -0.05) is 17.7 Å². The first kappa shape index (κ1) is 17.4. The van der Waals surface area contributed by atoms with Crippen molar-refractivity contribution in [1.82, 2.24) is 5.32 Å². The first-order valence-corrected chi connectivity index (χ1v) is 6.60. The van der Waals surface area contributed by atoms with Crippen LogP contribution in [0, 0.1) is 5.82 Å². The highest BCUT2D eigenvalue weighted by Gasteiger charge is 2.30. The maximum atomic E-state index is 13.6. The van der Waals surface area contributed by atoms with Gasteiger partial charge in [0, 0.05) is 17.7 Å². The lowest BCUT2D eigenvalue weighted by Crippen LogP contribution is -2.51. The number of aliphatic carboxylic acids is 1. The Bertz CT molecular complexity index is 517. The van der Waals surface area contributed by atoms with Gasteiger partial charge < -0.3 is 15.2 Å². The number of benzene rings is 1. The number of rotatable bonds is 7. The largest absolute Gasteiger partial charge is 0.481 e. The van der Waals surface area contributed by atoms with Gasteiger partial charge in [0.05, 0.1) is 25.0 Å². The average Bonchev–Trinajstić information content (AvgIpc) is 2.32. The second-order valence-corrected chi connectivity index (χ2v) is 5.40. The molecule has 0 aliphatic carbocycles. The van der Waals surface area contributed by atoms with Gasteiger partial charge in [-0.15, -0.1) is 0 Å². The zero-order valence-electron chi connectivity index (χ0n) is 11.8. The van der Waals surface area contributed by atoms with E-state index in [1.807, 2.05) is 0 Å². The molecule has 21 heavy (non-hydrogen) atoms. The summed E-state index contributed by atoms with van der Waals surface area (Å²) < 4.78 is 18.5. The Labute approximate surface area is 127 Å². The summed E-state index contributed by atoms with van der Waals surface area (Å²) in [5.41, 5.74) is -0.998. The van der Waals surface area contributed by atoms with Gasteiger partial charge >= 0.3 is 5.97 Å². The van der Waals surface area contributed by atoms with Crippen molar-refractivity contribution < 1.29 is 23.8 Å². The van der Waals surface area contributed by atoms with E-state index in [9.17, 15) is 14.0 Å². The van der Waals surface area contributed by atoms with Crippen molar-refractivity contribution in [3.05, 3.63) is 34.6 Å². The first-order valence-electron chi connectivity index (χ1n) is 6.22. The molecule has 7 heteroatoms. The van der Waals surface area contributed by atoms with Gasteiger partial charge in [-0.3, -0.25) is 9.59 Å². The molecule has 2 N–H and O–H groups in total. The van der Waals surface area contributed by atoms with Crippen LogP contribution < -0.4 is 5.32 Å². The van der Waals surface area contributed by atoms with Crippen LogP contribution in [0.1, 0.15) is 18.9 Å². The Morgan fingerprint density at radius 2 is 2.14 bits per heavy atom. The van der Waals surface area contributed by atoms with Crippen LogP contribution >= 0.6 is 11.6 Å². The van der Waals surface area contributed by atoms with Crippen LogP contribution in [0.3, 0.4) is 0 Å². The van der Waals surface area contributed by atoms with E-state index >= 15 is 0 Å². The van der Waals surface area contributed by atoms with Gasteiger partial charge in [-0.05, 0) is 19.1 Å². The number of hydrogen-bond donors (Lipinski definition) is 2. The van der Waals surface area contributed by atoms with E-state index in [1.165, 1.54) is 25.3 Å². The maximum Gasteiger partial charge on any atom is 0.305 e. The summed E-state index contributed by atoms with van der Waals surface area (Å²) in [4.78, 5) is 22.9. The third-order valence-corrected chi connectivity index (χ3v) is 3.20. The molecule has 0 heterocycles. The van der Waals surface area contributed by atoms with Crippen LogP contribution in [0.2, 0.25) is 5.02 Å². The van der Waals surface area contributed by atoms with E-state index < -0.39 is 23.2 Å². The topological polar surface area (TPSA) is 75.6 Å². The number of carboxylic acid groups (broad SMARTS) is 1. The second-order valence-electron chi connectivity index (χ2n) is 4.99. The summed E-state index contributed by atoms with van der Waals surface area (Å²) in [7, 11) is 1.40. The van der Waals surface area contributed by atoms with Crippen LogP contribution in [0.15, 0.2) is 18.2 Å². The zero-order valence-corrected chi connectivity index (χ0v) is 12.5. The van der Waals surface area contributed by atoms with Gasteiger partial charge in [-0.2, -0.15) is 0 Å². The molecule has 1 amide bonds. The SMILES string of the molecule is COCC(C)(CC(=O)O)NC(=O)Cc1c(F)cccc1Cl. The summed E-state index contributed by atoms with van der Waals surface area (Å²) in [6, 6.07) is 4.14. The molecule has 1 aromatic carbocycles. The smallest absolute Gasteiger partial charge is 0.305 e. The van der Waals surface area contributed by atoms with Crippen LogP contribution in [0.25, 0.3) is 0 Å². The van der Waals surface area contributed by atoms with Crippen molar-refractivity contribution in [1.29, 1.82) is 0 Å². The lowest BCUT2D eigenvalue weighted by molar-refractivity contribution is -0.139. The monoisotopic (exact) mass is 317 g/mol. The van der Waals surface area contributed by atoms with Gasteiger partial charge in [0.25, 0.3) is 0 Å². The molecule has 0 saturated heterocycles. The van der Waals surface area contributed by atoms with E-state index in [0.717, 1.165) is 0 Å². The summed E-state index contributed by atoms with van der Waals surface area (Å²) in [6.45, 7) is 1.57. The van der Waals surface area contributed by atoms with Crippen molar-refractivity contribution >= 4 is 23.5 Å². The van der Waals surface area contributed by atoms with Crippen LogP contribution in [0.5, 0.6) is 0 Å². The Kier molecular flexibility index (Phi) is 6.11. The normalized spacial score (nSPS) is 13.5. The summed E-state index contributed by atoms with van der Waals surface area (Å²) in [5.74, 6) is -2.18. The Hall–Kier alpha value is -1.66. The molecule has 1 atom stereocenters. The molecular weight excluding hydrogens is 301 g/mol.